The van der Waals surface area contributed by atoms with Crippen molar-refractivity contribution in [2.24, 2.45) is 0 Å². The second-order valence-corrected chi connectivity index (χ2v) is 6.24. The molecular weight excluding hydrogens is 324 g/mol. The van der Waals surface area contributed by atoms with Gasteiger partial charge in [-0.1, -0.05) is 0 Å². The highest BCUT2D eigenvalue weighted by Crippen LogP contribution is 2.19. The van der Waals surface area contributed by atoms with Crippen LogP contribution in [0.3, 0.4) is 0 Å². The van der Waals surface area contributed by atoms with Crippen molar-refractivity contribution < 1.29 is 9.59 Å². The number of thioether (sulfide) groups is 1. The number of hydrogen-bond acceptors (Lipinski definition) is 4. The molecule has 1 atom stereocenters. The highest BCUT2D eigenvalue weighted by atomic mass is 35.5. The van der Waals surface area contributed by atoms with Crippen LogP contribution in [-0.4, -0.2) is 35.7 Å². The van der Waals surface area contributed by atoms with E-state index in [9.17, 15) is 9.59 Å². The molecule has 0 spiro atoms. The van der Waals surface area contributed by atoms with Crippen molar-refractivity contribution in [3.63, 3.8) is 0 Å². The summed E-state index contributed by atoms with van der Waals surface area (Å²) < 4.78 is 0. The zero-order valence-corrected chi connectivity index (χ0v) is 13.6. The Labute approximate surface area is 139 Å². The molecule has 1 saturated carbocycles. The van der Waals surface area contributed by atoms with E-state index in [4.69, 9.17) is 0 Å². The van der Waals surface area contributed by atoms with E-state index in [-0.39, 0.29) is 30.4 Å². The predicted molar refractivity (Wildman–Crippen MR) is 91.7 cm³/mol. The van der Waals surface area contributed by atoms with Gasteiger partial charge in [0, 0.05) is 29.0 Å². The van der Waals surface area contributed by atoms with Crippen molar-refractivity contribution in [3.8, 4) is 0 Å². The van der Waals surface area contributed by atoms with Crippen LogP contribution in [0.4, 0.5) is 16.2 Å². The summed E-state index contributed by atoms with van der Waals surface area (Å²) in [5.41, 5.74) is 1.44. The average Bonchev–Trinajstić information content (AvgIpc) is 3.10. The molecule has 22 heavy (non-hydrogen) atoms. The minimum absolute atomic E-state index is 0. The first-order valence-electron chi connectivity index (χ1n) is 7.00. The minimum Gasteiger partial charge on any atom is -0.335 e. The molecule has 1 unspecified atom stereocenters. The molecule has 3 rings (SSSR count). The van der Waals surface area contributed by atoms with Crippen LogP contribution in [0.2, 0.25) is 0 Å². The van der Waals surface area contributed by atoms with Crippen LogP contribution in [-0.2, 0) is 4.79 Å². The molecule has 3 amide bonds. The normalized spacial score (nSPS) is 19.9. The van der Waals surface area contributed by atoms with E-state index < -0.39 is 0 Å². The molecule has 8 heteroatoms. The highest BCUT2D eigenvalue weighted by Gasteiger charge is 2.23. The molecule has 2 aliphatic rings. The molecule has 1 saturated heterocycles. The van der Waals surface area contributed by atoms with Gasteiger partial charge in [-0.05, 0) is 37.1 Å². The SMILES string of the molecule is Cl.O=C(Nc1ccc(NC(=O)C2CSCN2)cc1)NC1CC1. The Morgan fingerprint density at radius 1 is 1.09 bits per heavy atom. The molecule has 1 aliphatic heterocycles. The third kappa shape index (κ3) is 4.79. The van der Waals surface area contributed by atoms with E-state index in [1.54, 1.807) is 36.0 Å². The predicted octanol–water partition coefficient (Wildman–Crippen LogP) is 1.99. The maximum Gasteiger partial charge on any atom is 0.319 e. The second kappa shape index (κ2) is 7.71. The van der Waals surface area contributed by atoms with Crippen LogP contribution >= 0.6 is 24.2 Å². The minimum atomic E-state index is -0.179. The molecule has 120 valence electrons. The van der Waals surface area contributed by atoms with Crippen molar-refractivity contribution >= 4 is 47.5 Å². The standard InChI is InChI=1S/C14H18N4O2S.ClH/c19-13(12-7-21-8-15-12)16-9-1-3-10(4-2-9)17-14(20)18-11-5-6-11;/h1-4,11-12,15H,5-8H2,(H,16,19)(H2,17,18,20);1H. The van der Waals surface area contributed by atoms with Crippen molar-refractivity contribution in [1.29, 1.82) is 0 Å². The smallest absolute Gasteiger partial charge is 0.319 e. The fraction of sp³-hybridized carbons (Fsp3) is 0.429. The maximum absolute atomic E-state index is 11.9. The number of carbonyl (C=O) groups excluding carboxylic acids is 2. The maximum atomic E-state index is 11.9. The highest BCUT2D eigenvalue weighted by molar-refractivity contribution is 7.99. The summed E-state index contributed by atoms with van der Waals surface area (Å²) >= 11 is 1.71. The van der Waals surface area contributed by atoms with Crippen molar-refractivity contribution in [1.82, 2.24) is 10.6 Å². The van der Waals surface area contributed by atoms with Crippen molar-refractivity contribution in [2.45, 2.75) is 24.9 Å². The lowest BCUT2D eigenvalue weighted by Crippen LogP contribution is -2.37. The van der Waals surface area contributed by atoms with E-state index in [0.29, 0.717) is 11.7 Å². The summed E-state index contributed by atoms with van der Waals surface area (Å²) in [6, 6.07) is 7.15. The van der Waals surface area contributed by atoms with Gasteiger partial charge in [-0.25, -0.2) is 4.79 Å². The number of benzene rings is 1. The lowest BCUT2D eigenvalue weighted by Gasteiger charge is -2.11. The molecule has 0 radical (unpaired) electrons. The van der Waals surface area contributed by atoms with Crippen molar-refractivity contribution in [3.05, 3.63) is 24.3 Å². The molecule has 1 aliphatic carbocycles. The van der Waals surface area contributed by atoms with E-state index in [0.717, 1.165) is 30.2 Å². The Balaban J connectivity index is 0.00000176. The molecule has 0 aromatic heterocycles. The monoisotopic (exact) mass is 342 g/mol. The van der Waals surface area contributed by atoms with Crippen LogP contribution in [0.1, 0.15) is 12.8 Å². The average molecular weight is 343 g/mol. The van der Waals surface area contributed by atoms with Crippen molar-refractivity contribution in [2.75, 3.05) is 22.3 Å². The Morgan fingerprint density at radius 2 is 1.73 bits per heavy atom. The molecular formula is C14H19ClN4O2S. The van der Waals surface area contributed by atoms with E-state index in [1.807, 2.05) is 0 Å². The topological polar surface area (TPSA) is 82.3 Å². The van der Waals surface area contributed by atoms with Gasteiger partial charge in [-0.3, -0.25) is 10.1 Å². The summed E-state index contributed by atoms with van der Waals surface area (Å²) in [5, 5.41) is 11.6. The van der Waals surface area contributed by atoms with Crippen LogP contribution < -0.4 is 21.3 Å². The van der Waals surface area contributed by atoms with Crippen LogP contribution in [0.25, 0.3) is 0 Å². The summed E-state index contributed by atoms with van der Waals surface area (Å²) in [4.78, 5) is 23.5. The van der Waals surface area contributed by atoms with Gasteiger partial charge in [0.1, 0.15) is 0 Å². The number of urea groups is 1. The van der Waals surface area contributed by atoms with Crippen LogP contribution in [0.15, 0.2) is 24.3 Å². The van der Waals surface area contributed by atoms with Gasteiger partial charge in [0.15, 0.2) is 0 Å². The van der Waals surface area contributed by atoms with Gasteiger partial charge < -0.3 is 16.0 Å². The largest absolute Gasteiger partial charge is 0.335 e. The Bertz CT molecular complexity index is 530. The number of anilines is 2. The number of amides is 3. The number of carbonyl (C=O) groups is 2. The zero-order valence-electron chi connectivity index (χ0n) is 11.9. The fourth-order valence-corrected chi connectivity index (χ4v) is 2.95. The zero-order chi connectivity index (χ0) is 14.7. The lowest BCUT2D eigenvalue weighted by atomic mass is 10.2. The molecule has 1 aromatic carbocycles. The van der Waals surface area contributed by atoms with Gasteiger partial charge in [0.2, 0.25) is 5.91 Å². The molecule has 6 nitrogen and oxygen atoms in total. The summed E-state index contributed by atoms with van der Waals surface area (Å²) in [7, 11) is 0. The van der Waals surface area contributed by atoms with Crippen LogP contribution in [0, 0.1) is 0 Å². The van der Waals surface area contributed by atoms with E-state index in [1.165, 1.54) is 0 Å². The van der Waals surface area contributed by atoms with Gasteiger partial charge in [0.05, 0.1) is 6.04 Å². The molecule has 1 aromatic rings. The lowest BCUT2D eigenvalue weighted by molar-refractivity contribution is -0.117. The van der Waals surface area contributed by atoms with Gasteiger partial charge in [0.25, 0.3) is 0 Å². The number of halogens is 1. The van der Waals surface area contributed by atoms with Gasteiger partial charge in [-0.15, -0.1) is 24.2 Å². The number of nitrogens with one attached hydrogen (secondary N) is 4. The van der Waals surface area contributed by atoms with E-state index >= 15 is 0 Å². The molecule has 0 bridgehead atoms. The summed E-state index contributed by atoms with van der Waals surface area (Å²) in [5.74, 6) is 1.59. The van der Waals surface area contributed by atoms with E-state index in [2.05, 4.69) is 21.3 Å². The van der Waals surface area contributed by atoms with Crippen LogP contribution in [0.5, 0.6) is 0 Å². The van der Waals surface area contributed by atoms with Gasteiger partial charge in [-0.2, -0.15) is 0 Å². The first-order chi connectivity index (χ1) is 10.2. The molecule has 4 N–H and O–H groups in total. The summed E-state index contributed by atoms with van der Waals surface area (Å²) in [6.07, 6.45) is 2.12. The first kappa shape index (κ1) is 16.9. The Hall–Kier alpha value is -1.44. The number of rotatable bonds is 4. The quantitative estimate of drug-likeness (QED) is 0.674. The first-order valence-corrected chi connectivity index (χ1v) is 8.16. The summed E-state index contributed by atoms with van der Waals surface area (Å²) in [6.45, 7) is 0. The Kier molecular flexibility index (Phi) is 5.93. The number of hydrogen-bond donors (Lipinski definition) is 4. The molecule has 2 fully saturated rings. The fourth-order valence-electron chi connectivity index (χ4n) is 2.01. The third-order valence-electron chi connectivity index (χ3n) is 3.36. The van der Waals surface area contributed by atoms with Gasteiger partial charge >= 0.3 is 6.03 Å². The third-order valence-corrected chi connectivity index (χ3v) is 4.30. The second-order valence-electron chi connectivity index (χ2n) is 5.21. The Morgan fingerprint density at radius 3 is 2.27 bits per heavy atom. The molecule has 1 heterocycles.